The first-order valence-electron chi connectivity index (χ1n) is 5.31. The van der Waals surface area contributed by atoms with Crippen molar-refractivity contribution < 1.29 is 9.90 Å². The maximum absolute atomic E-state index is 11.0. The Kier molecular flexibility index (Phi) is 2.02. The van der Waals surface area contributed by atoms with Gasteiger partial charge in [0, 0.05) is 5.92 Å². The van der Waals surface area contributed by atoms with Crippen LogP contribution in [0.25, 0.3) is 0 Å². The Morgan fingerprint density at radius 2 is 2.27 bits per heavy atom. The molecule has 0 saturated heterocycles. The summed E-state index contributed by atoms with van der Waals surface area (Å²) >= 11 is 1.01. The fraction of sp³-hybridized carbons (Fsp3) is 0.700. The summed E-state index contributed by atoms with van der Waals surface area (Å²) in [6, 6.07) is 0. The van der Waals surface area contributed by atoms with Crippen LogP contribution in [0.5, 0.6) is 0 Å². The molecule has 1 aromatic rings. The number of carboxylic acids is 1. The highest BCUT2D eigenvalue weighted by atomic mass is 32.1. The van der Waals surface area contributed by atoms with Crippen molar-refractivity contribution in [2.45, 2.75) is 31.6 Å². The average molecular weight is 224 g/mol. The van der Waals surface area contributed by atoms with Crippen LogP contribution in [0.4, 0.5) is 0 Å². The molecule has 15 heavy (non-hydrogen) atoms. The Bertz CT molecular complexity index is 404. The van der Waals surface area contributed by atoms with Gasteiger partial charge in [-0.3, -0.25) is 0 Å². The van der Waals surface area contributed by atoms with E-state index >= 15 is 0 Å². The van der Waals surface area contributed by atoms with Crippen molar-refractivity contribution in [2.24, 2.45) is 11.8 Å². The van der Waals surface area contributed by atoms with Crippen LogP contribution in [-0.2, 0) is 0 Å². The lowest BCUT2D eigenvalue weighted by atomic mass is 9.86. The van der Waals surface area contributed by atoms with Gasteiger partial charge in [-0.2, -0.15) is 0 Å². The summed E-state index contributed by atoms with van der Waals surface area (Å²) in [7, 11) is 0. The zero-order valence-corrected chi connectivity index (χ0v) is 9.04. The van der Waals surface area contributed by atoms with Crippen LogP contribution in [0.2, 0.25) is 0 Å². The molecule has 3 unspecified atom stereocenters. The molecule has 0 aromatic carbocycles. The van der Waals surface area contributed by atoms with Gasteiger partial charge in [-0.15, -0.1) is 5.10 Å². The van der Waals surface area contributed by atoms with Gasteiger partial charge in [0.05, 0.1) is 5.69 Å². The summed E-state index contributed by atoms with van der Waals surface area (Å²) in [5, 5.41) is 13.0. The number of nitrogens with zero attached hydrogens (tertiary/aromatic N) is 2. The smallest absolute Gasteiger partial charge is 0.349 e. The first-order valence-corrected chi connectivity index (χ1v) is 6.08. The summed E-state index contributed by atoms with van der Waals surface area (Å²) < 4.78 is 3.78. The standard InChI is InChI=1S/C10H12N2O2S/c13-10(14)9-8(11-12-15-9)7-4-5-1-2-6(7)3-5/h5-7H,1-4H2,(H,13,14). The van der Waals surface area contributed by atoms with Gasteiger partial charge in [-0.05, 0) is 42.6 Å². The van der Waals surface area contributed by atoms with E-state index in [4.69, 9.17) is 5.11 Å². The molecule has 1 aromatic heterocycles. The van der Waals surface area contributed by atoms with Gasteiger partial charge in [0.15, 0.2) is 4.88 Å². The zero-order chi connectivity index (χ0) is 10.4. The van der Waals surface area contributed by atoms with Crippen LogP contribution >= 0.6 is 11.5 Å². The Balaban J connectivity index is 1.93. The molecule has 2 fully saturated rings. The predicted octanol–water partition coefficient (Wildman–Crippen LogP) is 2.14. The molecule has 4 nitrogen and oxygen atoms in total. The largest absolute Gasteiger partial charge is 0.477 e. The number of hydrogen-bond donors (Lipinski definition) is 1. The van der Waals surface area contributed by atoms with Gasteiger partial charge in [0.1, 0.15) is 0 Å². The number of aromatic nitrogens is 2. The summed E-state index contributed by atoms with van der Waals surface area (Å²) in [6.07, 6.45) is 4.95. The second-order valence-corrected chi connectivity index (χ2v) is 5.33. The third-order valence-electron chi connectivity index (χ3n) is 3.80. The van der Waals surface area contributed by atoms with Crippen LogP contribution in [0.1, 0.15) is 47.0 Å². The molecular formula is C10H12N2O2S. The maximum Gasteiger partial charge on any atom is 0.349 e. The number of fused-ring (bicyclic) bond motifs is 2. The molecule has 1 N–H and O–H groups in total. The van der Waals surface area contributed by atoms with Crippen LogP contribution in [-0.4, -0.2) is 20.7 Å². The summed E-state index contributed by atoms with van der Waals surface area (Å²) in [4.78, 5) is 11.3. The molecule has 5 heteroatoms. The number of carboxylic acid groups (broad SMARTS) is 1. The Morgan fingerprint density at radius 3 is 2.87 bits per heavy atom. The van der Waals surface area contributed by atoms with E-state index in [1.165, 1.54) is 19.3 Å². The van der Waals surface area contributed by atoms with E-state index in [9.17, 15) is 4.79 Å². The first-order chi connectivity index (χ1) is 7.25. The highest BCUT2D eigenvalue weighted by Crippen LogP contribution is 2.53. The second kappa shape index (κ2) is 3.27. The van der Waals surface area contributed by atoms with Gasteiger partial charge in [0.2, 0.25) is 0 Å². The molecule has 0 amide bonds. The number of hydrogen-bond acceptors (Lipinski definition) is 4. The van der Waals surface area contributed by atoms with Crippen LogP contribution in [0, 0.1) is 11.8 Å². The van der Waals surface area contributed by atoms with Crippen LogP contribution in [0.15, 0.2) is 0 Å². The molecule has 3 atom stereocenters. The van der Waals surface area contributed by atoms with Crippen molar-refractivity contribution in [1.29, 1.82) is 0 Å². The number of rotatable bonds is 2. The van der Waals surface area contributed by atoms with E-state index in [1.54, 1.807) is 0 Å². The van der Waals surface area contributed by atoms with E-state index in [0.717, 1.165) is 29.6 Å². The molecule has 2 bridgehead atoms. The molecule has 80 valence electrons. The van der Waals surface area contributed by atoms with Crippen LogP contribution in [0.3, 0.4) is 0 Å². The normalized spacial score (nSPS) is 33.5. The minimum atomic E-state index is -0.872. The molecule has 1 heterocycles. The van der Waals surface area contributed by atoms with Crippen molar-refractivity contribution in [1.82, 2.24) is 9.59 Å². The lowest BCUT2D eigenvalue weighted by Gasteiger charge is -2.19. The van der Waals surface area contributed by atoms with Gasteiger partial charge in [0.25, 0.3) is 0 Å². The lowest BCUT2D eigenvalue weighted by Crippen LogP contribution is -2.12. The Labute approximate surface area is 91.5 Å². The first kappa shape index (κ1) is 9.27. The SMILES string of the molecule is O=C(O)c1snnc1C1CC2CCC1C2. The molecule has 0 aliphatic heterocycles. The third kappa shape index (κ3) is 1.37. The molecule has 0 spiro atoms. The minimum Gasteiger partial charge on any atom is -0.477 e. The highest BCUT2D eigenvalue weighted by Gasteiger charge is 2.42. The summed E-state index contributed by atoms with van der Waals surface area (Å²) in [5.74, 6) is 0.969. The zero-order valence-electron chi connectivity index (χ0n) is 8.22. The lowest BCUT2D eigenvalue weighted by molar-refractivity contribution is 0.0699. The van der Waals surface area contributed by atoms with Gasteiger partial charge >= 0.3 is 5.97 Å². The molecule has 3 rings (SSSR count). The number of aromatic carboxylic acids is 1. The molecule has 0 radical (unpaired) electrons. The third-order valence-corrected chi connectivity index (χ3v) is 4.53. The fourth-order valence-electron chi connectivity index (χ4n) is 3.17. The molecule has 2 aliphatic rings. The molecule has 2 saturated carbocycles. The van der Waals surface area contributed by atoms with Crippen molar-refractivity contribution >= 4 is 17.5 Å². The van der Waals surface area contributed by atoms with Crippen molar-refractivity contribution in [3.05, 3.63) is 10.6 Å². The monoisotopic (exact) mass is 224 g/mol. The summed E-state index contributed by atoms with van der Waals surface area (Å²) in [6.45, 7) is 0. The second-order valence-electron chi connectivity index (χ2n) is 4.57. The van der Waals surface area contributed by atoms with E-state index in [2.05, 4.69) is 9.59 Å². The van der Waals surface area contributed by atoms with Gasteiger partial charge in [-0.25, -0.2) is 4.79 Å². The van der Waals surface area contributed by atoms with Crippen LogP contribution < -0.4 is 0 Å². The van der Waals surface area contributed by atoms with Gasteiger partial charge in [-0.1, -0.05) is 10.9 Å². The van der Waals surface area contributed by atoms with Crippen molar-refractivity contribution in [3.8, 4) is 0 Å². The van der Waals surface area contributed by atoms with E-state index in [-0.39, 0.29) is 0 Å². The topological polar surface area (TPSA) is 63.1 Å². The van der Waals surface area contributed by atoms with E-state index < -0.39 is 5.97 Å². The Hall–Kier alpha value is -0.970. The maximum atomic E-state index is 11.0. The van der Waals surface area contributed by atoms with Gasteiger partial charge < -0.3 is 5.11 Å². The quantitative estimate of drug-likeness (QED) is 0.836. The minimum absolute atomic E-state index is 0.354. The fourth-order valence-corrected chi connectivity index (χ4v) is 3.74. The molecule has 2 aliphatic carbocycles. The van der Waals surface area contributed by atoms with E-state index in [1.807, 2.05) is 0 Å². The Morgan fingerprint density at radius 1 is 1.40 bits per heavy atom. The highest BCUT2D eigenvalue weighted by molar-refractivity contribution is 7.07. The van der Waals surface area contributed by atoms with Crippen molar-refractivity contribution in [2.75, 3.05) is 0 Å². The average Bonchev–Trinajstić information content (AvgIpc) is 2.92. The van der Waals surface area contributed by atoms with Crippen molar-refractivity contribution in [3.63, 3.8) is 0 Å². The van der Waals surface area contributed by atoms with E-state index in [0.29, 0.717) is 16.7 Å². The molecular weight excluding hydrogens is 212 g/mol. The number of carbonyl (C=O) groups is 1. The summed E-state index contributed by atoms with van der Waals surface area (Å²) in [5.41, 5.74) is 0.750. The predicted molar refractivity (Wildman–Crippen MR) is 55.1 cm³/mol.